The van der Waals surface area contributed by atoms with E-state index in [1.165, 1.54) is 19.7 Å². The minimum absolute atomic E-state index is 0.193. The summed E-state index contributed by atoms with van der Waals surface area (Å²) in [6.45, 7) is 3.52. The van der Waals surface area contributed by atoms with Gasteiger partial charge in [0.05, 0.1) is 0 Å². The van der Waals surface area contributed by atoms with Crippen molar-refractivity contribution in [2.45, 2.75) is 13.5 Å². The van der Waals surface area contributed by atoms with E-state index in [4.69, 9.17) is 0 Å². The molecular weight excluding hydrogens is 314 g/mol. The fourth-order valence-electron chi connectivity index (χ4n) is 1.93. The van der Waals surface area contributed by atoms with E-state index in [1.54, 1.807) is 12.1 Å². The van der Waals surface area contributed by atoms with Crippen LogP contribution in [-0.2, 0) is 16.8 Å². The molecule has 0 amide bonds. The molecule has 0 aliphatic rings. The van der Waals surface area contributed by atoms with E-state index in [9.17, 15) is 8.42 Å². The molecular formula is C15H21N5O2S. The number of benzene rings is 1. The standard InChI is InChI=1S/C15H21N5O2S/c1-4-20(12-13-8-6-5-7-9-13)15-11-10-14(16-17-15)18-23(21,22)19(2)3/h5-11H,4,12H2,1-3H3,(H,16,18). The van der Waals surface area contributed by atoms with E-state index in [0.29, 0.717) is 5.82 Å². The largest absolute Gasteiger partial charge is 0.351 e. The third-order valence-corrected chi connectivity index (χ3v) is 4.72. The summed E-state index contributed by atoms with van der Waals surface area (Å²) >= 11 is 0. The molecule has 1 N–H and O–H groups in total. The number of hydrogen-bond acceptors (Lipinski definition) is 5. The van der Waals surface area contributed by atoms with E-state index in [-0.39, 0.29) is 5.82 Å². The number of aromatic nitrogens is 2. The highest BCUT2D eigenvalue weighted by Gasteiger charge is 2.14. The Kier molecular flexibility index (Phi) is 5.51. The van der Waals surface area contributed by atoms with Crippen LogP contribution in [0.25, 0.3) is 0 Å². The van der Waals surface area contributed by atoms with Crippen LogP contribution in [0, 0.1) is 0 Å². The van der Waals surface area contributed by atoms with Gasteiger partial charge in [0.15, 0.2) is 11.6 Å². The Hall–Kier alpha value is -2.19. The third-order valence-electron chi connectivity index (χ3n) is 3.29. The maximum absolute atomic E-state index is 11.8. The van der Waals surface area contributed by atoms with Crippen molar-refractivity contribution in [3.63, 3.8) is 0 Å². The van der Waals surface area contributed by atoms with Crippen LogP contribution >= 0.6 is 0 Å². The summed E-state index contributed by atoms with van der Waals surface area (Å²) in [6.07, 6.45) is 0. The lowest BCUT2D eigenvalue weighted by atomic mass is 10.2. The molecule has 0 fully saturated rings. The van der Waals surface area contributed by atoms with Gasteiger partial charge in [-0.25, -0.2) is 0 Å². The summed E-state index contributed by atoms with van der Waals surface area (Å²) in [5.41, 5.74) is 1.17. The predicted octanol–water partition coefficient (Wildman–Crippen LogP) is 1.72. The summed E-state index contributed by atoms with van der Waals surface area (Å²) in [7, 11) is -0.677. The van der Waals surface area contributed by atoms with Crippen molar-refractivity contribution >= 4 is 21.8 Å². The van der Waals surface area contributed by atoms with Crippen molar-refractivity contribution in [1.29, 1.82) is 0 Å². The van der Waals surface area contributed by atoms with Crippen LogP contribution in [-0.4, -0.2) is 43.6 Å². The molecule has 23 heavy (non-hydrogen) atoms. The van der Waals surface area contributed by atoms with Crippen molar-refractivity contribution in [1.82, 2.24) is 14.5 Å². The lowest BCUT2D eigenvalue weighted by Crippen LogP contribution is -2.29. The van der Waals surface area contributed by atoms with Gasteiger partial charge >= 0.3 is 10.2 Å². The van der Waals surface area contributed by atoms with Crippen molar-refractivity contribution < 1.29 is 8.42 Å². The average molecular weight is 335 g/mol. The van der Waals surface area contributed by atoms with E-state index in [2.05, 4.69) is 32.0 Å². The molecule has 0 spiro atoms. The first-order valence-electron chi connectivity index (χ1n) is 7.25. The van der Waals surface area contributed by atoms with Gasteiger partial charge in [0.25, 0.3) is 0 Å². The zero-order valence-electron chi connectivity index (χ0n) is 13.5. The van der Waals surface area contributed by atoms with Gasteiger partial charge in [-0.05, 0) is 24.6 Å². The first-order chi connectivity index (χ1) is 10.9. The Morgan fingerprint density at radius 2 is 1.74 bits per heavy atom. The molecule has 124 valence electrons. The molecule has 7 nitrogen and oxygen atoms in total. The zero-order valence-corrected chi connectivity index (χ0v) is 14.3. The summed E-state index contributed by atoms with van der Waals surface area (Å²) in [5.74, 6) is 0.891. The molecule has 0 aliphatic carbocycles. The monoisotopic (exact) mass is 335 g/mol. The van der Waals surface area contributed by atoms with E-state index in [1.807, 2.05) is 25.1 Å². The van der Waals surface area contributed by atoms with Crippen molar-refractivity contribution in [2.24, 2.45) is 0 Å². The highest BCUT2D eigenvalue weighted by Crippen LogP contribution is 2.15. The van der Waals surface area contributed by atoms with Gasteiger partial charge < -0.3 is 4.90 Å². The summed E-state index contributed by atoms with van der Waals surface area (Å²) in [4.78, 5) is 2.06. The Bertz CT molecular complexity index is 717. The molecule has 1 aromatic heterocycles. The molecule has 8 heteroatoms. The van der Waals surface area contributed by atoms with Gasteiger partial charge in [-0.15, -0.1) is 10.2 Å². The van der Waals surface area contributed by atoms with Crippen molar-refractivity contribution in [3.05, 3.63) is 48.0 Å². The molecule has 0 radical (unpaired) electrons. The zero-order chi connectivity index (χ0) is 16.9. The molecule has 0 unspecified atom stereocenters. The summed E-state index contributed by atoms with van der Waals surface area (Å²) < 4.78 is 26.9. The molecule has 1 aromatic carbocycles. The Morgan fingerprint density at radius 1 is 1.04 bits per heavy atom. The Labute approximate surface area is 137 Å². The lowest BCUT2D eigenvalue weighted by Gasteiger charge is -2.21. The smallest absolute Gasteiger partial charge is 0.302 e. The molecule has 0 aliphatic heterocycles. The predicted molar refractivity (Wildman–Crippen MR) is 91.4 cm³/mol. The minimum atomic E-state index is -3.57. The number of anilines is 2. The second kappa shape index (κ2) is 7.38. The molecule has 1 heterocycles. The maximum atomic E-state index is 11.8. The molecule has 2 aromatic rings. The van der Waals surface area contributed by atoms with Gasteiger partial charge in [-0.3, -0.25) is 4.72 Å². The fraction of sp³-hybridized carbons (Fsp3) is 0.333. The summed E-state index contributed by atoms with van der Waals surface area (Å²) in [6, 6.07) is 13.4. The van der Waals surface area contributed by atoms with Gasteiger partial charge in [0, 0.05) is 27.2 Å². The Morgan fingerprint density at radius 3 is 2.26 bits per heavy atom. The average Bonchev–Trinajstić information content (AvgIpc) is 2.54. The van der Waals surface area contributed by atoms with Gasteiger partial charge in [-0.1, -0.05) is 30.3 Å². The molecule has 0 atom stereocenters. The van der Waals surface area contributed by atoms with Crippen molar-refractivity contribution in [2.75, 3.05) is 30.3 Å². The fourth-order valence-corrected chi connectivity index (χ4v) is 2.49. The highest BCUT2D eigenvalue weighted by molar-refractivity contribution is 7.90. The second-order valence-electron chi connectivity index (χ2n) is 5.17. The quantitative estimate of drug-likeness (QED) is 0.833. The lowest BCUT2D eigenvalue weighted by molar-refractivity contribution is 0.526. The van der Waals surface area contributed by atoms with Crippen LogP contribution in [0.2, 0.25) is 0 Å². The molecule has 0 saturated heterocycles. The second-order valence-corrected chi connectivity index (χ2v) is 7.05. The van der Waals surface area contributed by atoms with Gasteiger partial charge in [-0.2, -0.15) is 12.7 Å². The SMILES string of the molecule is CCN(Cc1ccccc1)c1ccc(NS(=O)(=O)N(C)C)nn1. The van der Waals surface area contributed by atoms with Crippen molar-refractivity contribution in [3.8, 4) is 0 Å². The number of nitrogens with one attached hydrogen (secondary N) is 1. The topological polar surface area (TPSA) is 78.4 Å². The number of rotatable bonds is 7. The normalized spacial score (nSPS) is 11.5. The molecule has 0 bridgehead atoms. The van der Waals surface area contributed by atoms with Gasteiger partial charge in [0.1, 0.15) is 0 Å². The molecule has 2 rings (SSSR count). The highest BCUT2D eigenvalue weighted by atomic mass is 32.2. The van der Waals surface area contributed by atoms with Crippen LogP contribution in [0.15, 0.2) is 42.5 Å². The first-order valence-corrected chi connectivity index (χ1v) is 8.69. The Balaban J connectivity index is 2.11. The number of nitrogens with zero attached hydrogens (tertiary/aromatic N) is 4. The van der Waals surface area contributed by atoms with Crippen LogP contribution in [0.4, 0.5) is 11.6 Å². The van der Waals surface area contributed by atoms with E-state index in [0.717, 1.165) is 17.4 Å². The van der Waals surface area contributed by atoms with E-state index >= 15 is 0 Å². The first kappa shape index (κ1) is 17.2. The van der Waals surface area contributed by atoms with Crippen LogP contribution < -0.4 is 9.62 Å². The summed E-state index contributed by atoms with van der Waals surface area (Å²) in [5, 5.41) is 8.07. The minimum Gasteiger partial charge on any atom is -0.351 e. The molecule has 0 saturated carbocycles. The third kappa shape index (κ3) is 4.64. The van der Waals surface area contributed by atoms with Gasteiger partial charge in [0.2, 0.25) is 0 Å². The van der Waals surface area contributed by atoms with Crippen LogP contribution in [0.3, 0.4) is 0 Å². The number of hydrogen-bond donors (Lipinski definition) is 1. The van der Waals surface area contributed by atoms with E-state index < -0.39 is 10.2 Å². The maximum Gasteiger partial charge on any atom is 0.302 e. The van der Waals surface area contributed by atoms with Crippen LogP contribution in [0.5, 0.6) is 0 Å². The van der Waals surface area contributed by atoms with Crippen LogP contribution in [0.1, 0.15) is 12.5 Å².